The number of aromatic nitrogens is 1. The van der Waals surface area contributed by atoms with Crippen LogP contribution in [0.5, 0.6) is 17.2 Å². The van der Waals surface area contributed by atoms with Gasteiger partial charge >= 0.3 is 0 Å². The first-order valence-corrected chi connectivity index (χ1v) is 13.7. The van der Waals surface area contributed by atoms with E-state index in [0.29, 0.717) is 29.4 Å². The fourth-order valence-corrected chi connectivity index (χ4v) is 5.37. The summed E-state index contributed by atoms with van der Waals surface area (Å²) in [5, 5.41) is 0. The van der Waals surface area contributed by atoms with Crippen LogP contribution >= 0.6 is 0 Å². The van der Waals surface area contributed by atoms with E-state index in [2.05, 4.69) is 11.5 Å². The Bertz CT molecular complexity index is 1530. The van der Waals surface area contributed by atoms with Gasteiger partial charge in [-0.15, -0.1) is 0 Å². The van der Waals surface area contributed by atoms with Crippen LogP contribution in [0, 0.1) is 0 Å². The van der Waals surface area contributed by atoms with Gasteiger partial charge in [0.1, 0.15) is 29.8 Å². The molecule has 41 heavy (non-hydrogen) atoms. The number of ether oxygens (including phenoxy) is 3. The van der Waals surface area contributed by atoms with Crippen molar-refractivity contribution in [3.63, 3.8) is 0 Å². The molecule has 0 aliphatic carbocycles. The van der Waals surface area contributed by atoms with Gasteiger partial charge in [-0.3, -0.25) is 14.5 Å². The molecule has 0 N–H and O–H groups in total. The summed E-state index contributed by atoms with van der Waals surface area (Å²) < 4.78 is 18.7. The van der Waals surface area contributed by atoms with Crippen LogP contribution in [0.1, 0.15) is 47.4 Å². The molecule has 1 atom stereocenters. The van der Waals surface area contributed by atoms with Crippen LogP contribution in [0.2, 0.25) is 0 Å². The normalized spacial score (nSPS) is 13.7. The molecule has 0 saturated carbocycles. The summed E-state index contributed by atoms with van der Waals surface area (Å²) in [5.74, 6) is 1.57. The van der Waals surface area contributed by atoms with Gasteiger partial charge in [0, 0.05) is 23.9 Å². The van der Waals surface area contributed by atoms with Gasteiger partial charge in [-0.2, -0.15) is 0 Å². The third-order valence-electron chi connectivity index (χ3n) is 7.45. The molecular formula is C33H35N3O5. The summed E-state index contributed by atoms with van der Waals surface area (Å²) in [6.07, 6.45) is 3.67. The van der Waals surface area contributed by atoms with Crippen molar-refractivity contribution >= 4 is 17.5 Å². The number of anilines is 1. The van der Waals surface area contributed by atoms with Crippen molar-refractivity contribution < 1.29 is 23.8 Å². The molecule has 0 radical (unpaired) electrons. The van der Waals surface area contributed by atoms with E-state index >= 15 is 0 Å². The number of carbonyl (C=O) groups excluding carboxylic acids is 2. The lowest BCUT2D eigenvalue weighted by molar-refractivity contribution is -0.119. The predicted octanol–water partition coefficient (Wildman–Crippen LogP) is 5.88. The summed E-state index contributed by atoms with van der Waals surface area (Å²) in [5.41, 5.74) is 3.85. The zero-order valence-corrected chi connectivity index (χ0v) is 23.9. The first-order valence-electron chi connectivity index (χ1n) is 13.7. The molecule has 8 nitrogen and oxygen atoms in total. The molecule has 2 amide bonds. The Morgan fingerprint density at radius 1 is 0.829 bits per heavy atom. The van der Waals surface area contributed by atoms with Crippen molar-refractivity contribution in [3.8, 4) is 22.9 Å². The minimum atomic E-state index is -0.512. The zero-order chi connectivity index (χ0) is 28.9. The van der Waals surface area contributed by atoms with E-state index in [-0.39, 0.29) is 18.4 Å². The van der Waals surface area contributed by atoms with Crippen molar-refractivity contribution in [1.82, 2.24) is 9.47 Å². The molecule has 2 heterocycles. The number of carbonyl (C=O) groups is 2. The van der Waals surface area contributed by atoms with E-state index < -0.39 is 6.04 Å². The van der Waals surface area contributed by atoms with E-state index in [1.165, 1.54) is 0 Å². The van der Waals surface area contributed by atoms with E-state index in [1.807, 2.05) is 60.8 Å². The van der Waals surface area contributed by atoms with Crippen LogP contribution in [0.4, 0.5) is 5.69 Å². The number of para-hydroxylation sites is 2. The summed E-state index contributed by atoms with van der Waals surface area (Å²) in [7, 11) is 4.82. The Hall–Kier alpha value is -4.72. The van der Waals surface area contributed by atoms with Gasteiger partial charge in [-0.25, -0.2) is 0 Å². The first kappa shape index (κ1) is 27.8. The highest BCUT2D eigenvalue weighted by molar-refractivity contribution is 6.02. The van der Waals surface area contributed by atoms with Crippen LogP contribution in [0.3, 0.4) is 0 Å². The third-order valence-corrected chi connectivity index (χ3v) is 7.45. The lowest BCUT2D eigenvalue weighted by atomic mass is 9.96. The Morgan fingerprint density at radius 2 is 1.54 bits per heavy atom. The second-order valence-electron chi connectivity index (χ2n) is 9.87. The maximum absolute atomic E-state index is 14.5. The van der Waals surface area contributed by atoms with Crippen molar-refractivity contribution in [3.05, 3.63) is 102 Å². The highest BCUT2D eigenvalue weighted by Gasteiger charge is 2.38. The number of unbranched alkanes of at least 4 members (excludes halogenated alkanes) is 1. The average molecular weight is 554 g/mol. The van der Waals surface area contributed by atoms with E-state index in [4.69, 9.17) is 14.2 Å². The molecule has 212 valence electrons. The Kier molecular flexibility index (Phi) is 8.29. The Balaban J connectivity index is 1.59. The second-order valence-corrected chi connectivity index (χ2v) is 9.87. The maximum Gasteiger partial charge on any atom is 0.254 e. The van der Waals surface area contributed by atoms with Crippen molar-refractivity contribution in [2.24, 2.45) is 0 Å². The van der Waals surface area contributed by atoms with Gasteiger partial charge in [0.25, 0.3) is 5.91 Å². The summed E-state index contributed by atoms with van der Waals surface area (Å²) >= 11 is 0. The molecule has 0 bridgehead atoms. The summed E-state index contributed by atoms with van der Waals surface area (Å²) in [6, 6.07) is 23.9. The first-order chi connectivity index (χ1) is 20.0. The van der Waals surface area contributed by atoms with Crippen LogP contribution < -0.4 is 19.1 Å². The minimum Gasteiger partial charge on any atom is -0.497 e. The number of fused-ring (bicyclic) bond motifs is 3. The molecule has 0 fully saturated rings. The van der Waals surface area contributed by atoms with Crippen LogP contribution in [-0.2, 0) is 4.79 Å². The highest BCUT2D eigenvalue weighted by Crippen LogP contribution is 2.45. The fourth-order valence-electron chi connectivity index (χ4n) is 5.37. The smallest absolute Gasteiger partial charge is 0.254 e. The van der Waals surface area contributed by atoms with E-state index in [1.54, 1.807) is 55.4 Å². The van der Waals surface area contributed by atoms with Crippen molar-refractivity contribution in [2.45, 2.75) is 25.8 Å². The largest absolute Gasteiger partial charge is 0.497 e. The van der Waals surface area contributed by atoms with Crippen LogP contribution in [-0.4, -0.2) is 55.7 Å². The number of hydrogen-bond donors (Lipinski definition) is 0. The van der Waals surface area contributed by atoms with Gasteiger partial charge < -0.3 is 23.7 Å². The van der Waals surface area contributed by atoms with Gasteiger partial charge in [0.15, 0.2) is 0 Å². The molecule has 5 rings (SSSR count). The van der Waals surface area contributed by atoms with Gasteiger partial charge in [0.2, 0.25) is 5.91 Å². The molecule has 4 aromatic rings. The van der Waals surface area contributed by atoms with Gasteiger partial charge in [0.05, 0.1) is 38.4 Å². The number of rotatable bonds is 10. The van der Waals surface area contributed by atoms with Gasteiger partial charge in [-0.1, -0.05) is 25.5 Å². The third kappa shape index (κ3) is 5.37. The number of methoxy groups -OCH3 is 3. The van der Waals surface area contributed by atoms with Crippen LogP contribution in [0.25, 0.3) is 5.69 Å². The lowest BCUT2D eigenvalue weighted by Gasteiger charge is -2.40. The Morgan fingerprint density at radius 3 is 2.22 bits per heavy atom. The molecule has 0 spiro atoms. The van der Waals surface area contributed by atoms with Gasteiger partial charge in [-0.05, 0) is 73.2 Å². The number of nitrogens with zero attached hydrogens (tertiary/aromatic N) is 3. The van der Waals surface area contributed by atoms with E-state index in [0.717, 1.165) is 35.5 Å². The average Bonchev–Trinajstić information content (AvgIpc) is 3.52. The summed E-state index contributed by atoms with van der Waals surface area (Å²) in [4.78, 5) is 31.6. The second kappa shape index (κ2) is 12.2. The monoisotopic (exact) mass is 553 g/mol. The predicted molar refractivity (Wildman–Crippen MR) is 158 cm³/mol. The number of benzene rings is 3. The molecule has 3 aromatic carbocycles. The molecule has 1 aromatic heterocycles. The summed E-state index contributed by atoms with van der Waals surface area (Å²) in [6.45, 7) is 2.45. The Labute approximate surface area is 240 Å². The van der Waals surface area contributed by atoms with Crippen molar-refractivity contribution in [1.29, 1.82) is 0 Å². The quantitative estimate of drug-likeness (QED) is 0.245. The van der Waals surface area contributed by atoms with E-state index in [9.17, 15) is 9.59 Å². The number of hydrogen-bond acceptors (Lipinski definition) is 5. The minimum absolute atomic E-state index is 0.0807. The molecular weight excluding hydrogens is 518 g/mol. The molecule has 1 unspecified atom stereocenters. The number of amides is 2. The highest BCUT2D eigenvalue weighted by atomic mass is 16.5. The van der Waals surface area contributed by atoms with Crippen LogP contribution in [0.15, 0.2) is 85.1 Å². The molecule has 1 aliphatic rings. The lowest BCUT2D eigenvalue weighted by Crippen LogP contribution is -2.47. The standard InChI is InChI=1S/C33H35N3O5/c1-5-6-19-34(33(38)23-13-15-24(39-2)16-14-23)22-31(37)36-28-11-8-7-10-27(28)35-20-9-12-29(35)32(36)26-21-25(40-3)17-18-30(26)41-4/h7-18,20-21,32H,5-6,19,22H2,1-4H3. The molecule has 1 aliphatic heterocycles. The molecule has 0 saturated heterocycles. The maximum atomic E-state index is 14.5. The van der Waals surface area contributed by atoms with Crippen molar-refractivity contribution in [2.75, 3.05) is 39.3 Å². The molecule has 8 heteroatoms. The SMILES string of the molecule is CCCCN(CC(=O)N1c2ccccc2-n2cccc2C1c1cc(OC)ccc1OC)C(=O)c1ccc(OC)cc1. The topological polar surface area (TPSA) is 73.2 Å². The fraction of sp³-hybridized carbons (Fsp3) is 0.273. The zero-order valence-electron chi connectivity index (χ0n) is 23.9.